The Hall–Kier alpha value is -3.72. The van der Waals surface area contributed by atoms with Gasteiger partial charge in [-0.05, 0) is 113 Å². The van der Waals surface area contributed by atoms with Gasteiger partial charge in [0.25, 0.3) is 11.7 Å². The third kappa shape index (κ3) is 20.1. The molecule has 15 atom stereocenters. The van der Waals surface area contributed by atoms with Gasteiger partial charge in [-0.25, -0.2) is 9.59 Å². The summed E-state index contributed by atoms with van der Waals surface area (Å²) in [5, 5.41) is 23.6. The number of hydrogen-bond acceptors (Lipinski definition) is 16. The third-order valence-corrected chi connectivity index (χ3v) is 18.1. The molecular formula is C60H97NO16Si. The Morgan fingerprint density at radius 3 is 2.26 bits per heavy atom. The summed E-state index contributed by atoms with van der Waals surface area (Å²) in [4.78, 5) is 84.9. The fourth-order valence-electron chi connectivity index (χ4n) is 11.2. The van der Waals surface area contributed by atoms with Gasteiger partial charge < -0.3 is 53.0 Å². The highest BCUT2D eigenvalue weighted by molar-refractivity contribution is 6.76. The average Bonchev–Trinajstić information content (AvgIpc) is 3.44. The van der Waals surface area contributed by atoms with Gasteiger partial charge in [0.05, 0.1) is 44.2 Å². The normalized spacial score (nSPS) is 33.7. The van der Waals surface area contributed by atoms with E-state index in [0.717, 1.165) is 18.0 Å². The molecule has 0 aromatic carbocycles. The van der Waals surface area contributed by atoms with Crippen LogP contribution in [0.4, 0.5) is 0 Å². The van der Waals surface area contributed by atoms with Crippen LogP contribution in [-0.2, 0) is 66.7 Å². The molecule has 4 rings (SSSR count). The first-order valence-corrected chi connectivity index (χ1v) is 32.4. The predicted octanol–water partition coefficient (Wildman–Crippen LogP) is 8.10. The summed E-state index contributed by atoms with van der Waals surface area (Å²) in [5.74, 6) is -8.55. The molecule has 2 bridgehead atoms. The molecule has 0 aromatic heterocycles. The molecule has 0 radical (unpaired) electrons. The van der Waals surface area contributed by atoms with Gasteiger partial charge in [0, 0.05) is 66.5 Å². The van der Waals surface area contributed by atoms with E-state index < -0.39 is 91.8 Å². The number of aliphatic hydroxyl groups is 2. The van der Waals surface area contributed by atoms with E-state index in [0.29, 0.717) is 70.0 Å². The Bertz CT molecular complexity index is 2100. The number of cyclic esters (lactones) is 1. The van der Waals surface area contributed by atoms with Crippen LogP contribution in [0.5, 0.6) is 0 Å². The number of fused-ring (bicyclic) bond motifs is 3. The average molecular weight is 1120 g/mol. The number of ether oxygens (including phenoxy) is 8. The topological polar surface area (TPSA) is 220 Å². The van der Waals surface area contributed by atoms with Gasteiger partial charge in [-0.3, -0.25) is 19.2 Å². The minimum Gasteiger partial charge on any atom is -0.464 e. The van der Waals surface area contributed by atoms with Crippen LogP contribution in [0.1, 0.15) is 126 Å². The van der Waals surface area contributed by atoms with Crippen molar-refractivity contribution in [1.29, 1.82) is 0 Å². The van der Waals surface area contributed by atoms with E-state index in [1.165, 1.54) is 12.0 Å². The van der Waals surface area contributed by atoms with Crippen LogP contribution in [0.25, 0.3) is 0 Å². The molecule has 78 heavy (non-hydrogen) atoms. The first-order valence-electron chi connectivity index (χ1n) is 28.7. The quantitative estimate of drug-likeness (QED) is 0.0520. The summed E-state index contributed by atoms with van der Waals surface area (Å²) in [6.45, 7) is 20.1. The second-order valence-electron chi connectivity index (χ2n) is 24.0. The SMILES string of the molecule is CO[C@H]1C[C@@H]2CC[C@@H](C)[C@@](O)(O2)C(=O)C(=O)N2CCCC[C@H]2C(=O)O[C@H]([C@@H](C)C[C@H]2CC[C@@H](OCCOCC(=O)OCC[Si](C)(C)C)[C@H](OC)C2)CC(=O)[C@H](C)C=C(C)[C@@H](O)[C@@H](OC)C(=O)[C@H](C)C[C@H](C)C=CC=CC=C1C. The molecular weight excluding hydrogens is 1020 g/mol. The summed E-state index contributed by atoms with van der Waals surface area (Å²) in [6.07, 6.45) is 11.6. The maximum Gasteiger partial charge on any atom is 0.332 e. The van der Waals surface area contributed by atoms with Crippen molar-refractivity contribution in [1.82, 2.24) is 4.90 Å². The fourth-order valence-corrected chi connectivity index (χ4v) is 11.9. The van der Waals surface area contributed by atoms with Crippen molar-refractivity contribution in [2.45, 2.75) is 206 Å². The van der Waals surface area contributed by atoms with Crippen molar-refractivity contribution in [2.75, 3.05) is 54.3 Å². The number of nitrogens with zero attached hydrogens (tertiary/aromatic N) is 1. The highest BCUT2D eigenvalue weighted by Gasteiger charge is 2.53. The summed E-state index contributed by atoms with van der Waals surface area (Å²) in [7, 11) is 3.26. The molecule has 1 amide bonds. The zero-order valence-electron chi connectivity index (χ0n) is 49.3. The van der Waals surface area contributed by atoms with E-state index in [1.807, 2.05) is 58.1 Å². The number of rotatable bonds is 15. The zero-order chi connectivity index (χ0) is 57.9. The number of ketones is 3. The Labute approximate surface area is 466 Å². The van der Waals surface area contributed by atoms with E-state index in [-0.39, 0.29) is 80.7 Å². The molecule has 17 nitrogen and oxygen atoms in total. The largest absolute Gasteiger partial charge is 0.464 e. The molecule has 3 aliphatic heterocycles. The van der Waals surface area contributed by atoms with Crippen molar-refractivity contribution < 1.29 is 76.9 Å². The van der Waals surface area contributed by atoms with Crippen molar-refractivity contribution in [3.05, 3.63) is 47.6 Å². The molecule has 0 unspecified atom stereocenters. The van der Waals surface area contributed by atoms with E-state index in [2.05, 4.69) is 19.6 Å². The molecule has 18 heteroatoms. The minimum absolute atomic E-state index is 0.00550. The van der Waals surface area contributed by atoms with E-state index >= 15 is 0 Å². The van der Waals surface area contributed by atoms with Gasteiger partial charge in [-0.1, -0.05) is 90.7 Å². The Morgan fingerprint density at radius 1 is 0.846 bits per heavy atom. The molecule has 0 aromatic rings. The molecule has 2 N–H and O–H groups in total. The van der Waals surface area contributed by atoms with Crippen molar-refractivity contribution in [2.24, 2.45) is 35.5 Å². The molecule has 0 spiro atoms. The van der Waals surface area contributed by atoms with Crippen LogP contribution in [0, 0.1) is 35.5 Å². The molecule has 1 aliphatic carbocycles. The lowest BCUT2D eigenvalue weighted by Gasteiger charge is -2.42. The van der Waals surface area contributed by atoms with Gasteiger partial charge in [-0.15, -0.1) is 0 Å². The number of piperidine rings is 1. The minimum atomic E-state index is -2.45. The molecule has 3 fully saturated rings. The Balaban J connectivity index is 1.59. The van der Waals surface area contributed by atoms with Gasteiger partial charge in [0.15, 0.2) is 5.78 Å². The number of methoxy groups -OCH3 is 3. The molecule has 3 heterocycles. The smallest absolute Gasteiger partial charge is 0.332 e. The number of carbonyl (C=O) groups is 6. The second-order valence-corrected chi connectivity index (χ2v) is 29.6. The van der Waals surface area contributed by atoms with Crippen LogP contribution in [0.15, 0.2) is 47.6 Å². The Kier molecular flexibility index (Phi) is 27.4. The Morgan fingerprint density at radius 2 is 1.58 bits per heavy atom. The first kappa shape index (κ1) is 66.8. The van der Waals surface area contributed by atoms with Crippen molar-refractivity contribution in [3.8, 4) is 0 Å². The number of amides is 1. The molecule has 2 saturated heterocycles. The third-order valence-electron chi connectivity index (χ3n) is 16.3. The van der Waals surface area contributed by atoms with Crippen molar-refractivity contribution in [3.63, 3.8) is 0 Å². The monoisotopic (exact) mass is 1120 g/mol. The number of allylic oxidation sites excluding steroid dienone is 6. The lowest BCUT2D eigenvalue weighted by atomic mass is 9.78. The number of esters is 2. The lowest BCUT2D eigenvalue weighted by Crippen LogP contribution is -2.61. The number of aliphatic hydroxyl groups excluding tert-OH is 1. The molecule has 442 valence electrons. The second kappa shape index (κ2) is 32.1. The number of Topliss-reactive ketones (excluding diaryl/α,β-unsaturated/α-hetero) is 3. The molecule has 4 aliphatic rings. The van der Waals surface area contributed by atoms with Gasteiger partial charge in [0.2, 0.25) is 5.79 Å². The maximum atomic E-state index is 14.6. The van der Waals surface area contributed by atoms with E-state index in [4.69, 9.17) is 37.9 Å². The predicted molar refractivity (Wildman–Crippen MR) is 299 cm³/mol. The zero-order valence-corrected chi connectivity index (χ0v) is 50.3. The summed E-state index contributed by atoms with van der Waals surface area (Å²) >= 11 is 0. The van der Waals surface area contributed by atoms with E-state index in [1.54, 1.807) is 41.1 Å². The van der Waals surface area contributed by atoms with Crippen LogP contribution in [0.3, 0.4) is 0 Å². The molecule has 1 saturated carbocycles. The van der Waals surface area contributed by atoms with Gasteiger partial charge >= 0.3 is 11.9 Å². The standard InChI is InChI=1S/C60H97NO16Si/c1-38-19-15-14-16-20-39(2)50(70-8)35-46-24-22-44(7)60(69,77-46)57(66)58(67)61-26-18-17-21-47(61)59(68)76-51(36-48(62)40(3)32-43(6)55(65)56(72-10)54(64)42(5)31-38)41(4)33-45-23-25-49(52(34-45)71-9)74-28-27-73-37-53(63)75-29-30-78(11,12)13/h14-16,19-20,32,38,40-42,44-47,49-52,55-56,65,69H,17-18,21-31,33-37H2,1-13H3/t38-,40-,41+,42-,44-,45-,46+,47+,49-,50+,51+,52-,55-,56+,60-/m1/s1. The fraction of sp³-hybridized carbons (Fsp3) is 0.767. The summed E-state index contributed by atoms with van der Waals surface area (Å²) < 4.78 is 47.0. The summed E-state index contributed by atoms with van der Waals surface area (Å²) in [6, 6.07) is -0.282. The van der Waals surface area contributed by atoms with E-state index in [9.17, 15) is 39.0 Å². The number of carbonyl (C=O) groups excluding carboxylic acids is 6. The lowest BCUT2D eigenvalue weighted by molar-refractivity contribution is -0.265. The van der Waals surface area contributed by atoms with Crippen LogP contribution in [-0.4, -0.2) is 167 Å². The summed E-state index contributed by atoms with van der Waals surface area (Å²) in [5.41, 5.74) is 1.25. The maximum absolute atomic E-state index is 14.6. The van der Waals surface area contributed by atoms with Crippen LogP contribution >= 0.6 is 0 Å². The number of hydrogen-bond donors (Lipinski definition) is 2. The van der Waals surface area contributed by atoms with Crippen molar-refractivity contribution >= 4 is 43.3 Å². The van der Waals surface area contributed by atoms with Crippen LogP contribution < -0.4 is 0 Å². The highest BCUT2D eigenvalue weighted by Crippen LogP contribution is 2.38. The highest BCUT2D eigenvalue weighted by atomic mass is 28.3. The van der Waals surface area contributed by atoms with Gasteiger partial charge in [-0.2, -0.15) is 0 Å². The first-order chi connectivity index (χ1) is 36.8. The van der Waals surface area contributed by atoms with Gasteiger partial charge in [0.1, 0.15) is 36.7 Å². The van der Waals surface area contributed by atoms with Crippen LogP contribution in [0.2, 0.25) is 25.7 Å².